The molecule has 0 aliphatic carbocycles. The third-order valence-electron chi connectivity index (χ3n) is 3.02. The number of aromatic hydroxyl groups is 1. The predicted molar refractivity (Wildman–Crippen MR) is 75.2 cm³/mol. The maximum absolute atomic E-state index is 11.1. The Hall–Kier alpha value is -2.49. The highest BCUT2D eigenvalue weighted by Crippen LogP contribution is 2.29. The minimum Gasteiger partial charge on any atom is -0.507 e. The Kier molecular flexibility index (Phi) is 4.25. The minimum absolute atomic E-state index is 0.0560. The first-order valence-electron chi connectivity index (χ1n) is 6.37. The average molecular weight is 272 g/mol. The SMILES string of the molecule is CCc1cc(OCc2ccccc2)cc(O)c1C(=O)O. The number of carboxylic acids is 1. The van der Waals surface area contributed by atoms with Crippen molar-refractivity contribution in [1.29, 1.82) is 0 Å². The van der Waals surface area contributed by atoms with E-state index in [9.17, 15) is 9.90 Å². The lowest BCUT2D eigenvalue weighted by atomic mass is 10.0. The van der Waals surface area contributed by atoms with Crippen LogP contribution in [0, 0.1) is 0 Å². The summed E-state index contributed by atoms with van der Waals surface area (Å²) < 4.78 is 5.60. The van der Waals surface area contributed by atoms with Gasteiger partial charge in [-0.25, -0.2) is 4.79 Å². The molecule has 4 heteroatoms. The maximum Gasteiger partial charge on any atom is 0.339 e. The van der Waals surface area contributed by atoms with Gasteiger partial charge in [-0.15, -0.1) is 0 Å². The quantitative estimate of drug-likeness (QED) is 0.877. The Labute approximate surface area is 117 Å². The number of carbonyl (C=O) groups is 1. The van der Waals surface area contributed by atoms with Crippen molar-refractivity contribution in [2.45, 2.75) is 20.0 Å². The van der Waals surface area contributed by atoms with E-state index in [1.807, 2.05) is 37.3 Å². The number of aryl methyl sites for hydroxylation is 1. The van der Waals surface area contributed by atoms with Crippen molar-refractivity contribution in [2.75, 3.05) is 0 Å². The molecule has 0 bridgehead atoms. The summed E-state index contributed by atoms with van der Waals surface area (Å²) in [5.41, 5.74) is 1.51. The first-order chi connectivity index (χ1) is 9.61. The van der Waals surface area contributed by atoms with Crippen LogP contribution in [-0.2, 0) is 13.0 Å². The highest BCUT2D eigenvalue weighted by Gasteiger charge is 2.16. The van der Waals surface area contributed by atoms with Gasteiger partial charge in [0, 0.05) is 6.07 Å². The van der Waals surface area contributed by atoms with E-state index in [2.05, 4.69) is 0 Å². The van der Waals surface area contributed by atoms with Gasteiger partial charge in [0.1, 0.15) is 23.7 Å². The van der Waals surface area contributed by atoms with Crippen LogP contribution in [0.25, 0.3) is 0 Å². The van der Waals surface area contributed by atoms with E-state index < -0.39 is 5.97 Å². The lowest BCUT2D eigenvalue weighted by molar-refractivity contribution is 0.0692. The second kappa shape index (κ2) is 6.10. The molecule has 0 saturated carbocycles. The number of hydrogen-bond acceptors (Lipinski definition) is 3. The second-order valence-corrected chi connectivity index (χ2v) is 4.41. The summed E-state index contributed by atoms with van der Waals surface area (Å²) in [6.45, 7) is 2.21. The predicted octanol–water partition coefficient (Wildman–Crippen LogP) is 3.23. The largest absolute Gasteiger partial charge is 0.507 e. The molecule has 2 rings (SSSR count). The minimum atomic E-state index is -1.13. The molecule has 2 aromatic rings. The molecular formula is C16H16O4. The summed E-state index contributed by atoms with van der Waals surface area (Å²) in [7, 11) is 0. The molecule has 20 heavy (non-hydrogen) atoms. The van der Waals surface area contributed by atoms with E-state index in [4.69, 9.17) is 9.84 Å². The number of aromatic carboxylic acids is 1. The van der Waals surface area contributed by atoms with Gasteiger partial charge < -0.3 is 14.9 Å². The Morgan fingerprint density at radius 3 is 2.50 bits per heavy atom. The van der Waals surface area contributed by atoms with E-state index in [1.54, 1.807) is 6.07 Å². The van der Waals surface area contributed by atoms with E-state index in [0.29, 0.717) is 24.3 Å². The van der Waals surface area contributed by atoms with Crippen molar-refractivity contribution in [1.82, 2.24) is 0 Å². The molecule has 0 fully saturated rings. The number of rotatable bonds is 5. The van der Waals surface area contributed by atoms with Crippen LogP contribution in [0.5, 0.6) is 11.5 Å². The molecule has 0 atom stereocenters. The van der Waals surface area contributed by atoms with Gasteiger partial charge in [0.05, 0.1) is 0 Å². The van der Waals surface area contributed by atoms with Gasteiger partial charge in [-0.1, -0.05) is 37.3 Å². The van der Waals surface area contributed by atoms with Crippen LogP contribution >= 0.6 is 0 Å². The first kappa shape index (κ1) is 13.9. The van der Waals surface area contributed by atoms with Crippen LogP contribution in [0.3, 0.4) is 0 Å². The number of benzene rings is 2. The van der Waals surface area contributed by atoms with E-state index in [-0.39, 0.29) is 11.3 Å². The van der Waals surface area contributed by atoms with Crippen LogP contribution in [0.4, 0.5) is 0 Å². The Bertz CT molecular complexity index is 605. The summed E-state index contributed by atoms with van der Waals surface area (Å²) in [5, 5.41) is 18.9. The van der Waals surface area contributed by atoms with E-state index in [1.165, 1.54) is 6.07 Å². The summed E-state index contributed by atoms with van der Waals surface area (Å²) in [5.74, 6) is -0.929. The molecule has 0 aromatic heterocycles. The van der Waals surface area contributed by atoms with E-state index in [0.717, 1.165) is 5.56 Å². The van der Waals surface area contributed by atoms with Crippen LogP contribution in [0.15, 0.2) is 42.5 Å². The van der Waals surface area contributed by atoms with Crippen LogP contribution in [-0.4, -0.2) is 16.2 Å². The van der Waals surface area contributed by atoms with Gasteiger partial charge in [-0.2, -0.15) is 0 Å². The van der Waals surface area contributed by atoms with Crippen molar-refractivity contribution in [2.24, 2.45) is 0 Å². The topological polar surface area (TPSA) is 66.8 Å². The van der Waals surface area contributed by atoms with Crippen LogP contribution < -0.4 is 4.74 Å². The molecule has 0 aliphatic heterocycles. The van der Waals surface area contributed by atoms with E-state index >= 15 is 0 Å². The van der Waals surface area contributed by atoms with Crippen molar-refractivity contribution in [3.05, 3.63) is 59.2 Å². The lowest BCUT2D eigenvalue weighted by Crippen LogP contribution is -2.04. The maximum atomic E-state index is 11.1. The number of phenols is 1. The van der Waals surface area contributed by atoms with Gasteiger partial charge in [-0.3, -0.25) is 0 Å². The lowest BCUT2D eigenvalue weighted by Gasteiger charge is -2.11. The van der Waals surface area contributed by atoms with Crippen molar-refractivity contribution in [3.63, 3.8) is 0 Å². The zero-order valence-corrected chi connectivity index (χ0v) is 11.2. The standard InChI is InChI=1S/C16H16O4/c1-2-12-8-13(9-14(17)15(12)16(18)19)20-10-11-6-4-3-5-7-11/h3-9,17H,2,10H2,1H3,(H,18,19). The van der Waals surface area contributed by atoms with Gasteiger partial charge in [0.2, 0.25) is 0 Å². The Morgan fingerprint density at radius 2 is 1.90 bits per heavy atom. The van der Waals surface area contributed by atoms with Crippen molar-refractivity contribution < 1.29 is 19.7 Å². The molecule has 2 aromatic carbocycles. The van der Waals surface area contributed by atoms with Gasteiger partial charge in [0.15, 0.2) is 0 Å². The number of hydrogen-bond donors (Lipinski definition) is 2. The summed E-state index contributed by atoms with van der Waals surface area (Å²) in [4.78, 5) is 11.1. The fraction of sp³-hybridized carbons (Fsp3) is 0.188. The molecule has 4 nitrogen and oxygen atoms in total. The summed E-state index contributed by atoms with van der Waals surface area (Å²) >= 11 is 0. The molecule has 0 radical (unpaired) electrons. The molecule has 0 amide bonds. The first-order valence-corrected chi connectivity index (χ1v) is 6.37. The zero-order chi connectivity index (χ0) is 14.5. The van der Waals surface area contributed by atoms with Gasteiger partial charge in [-0.05, 0) is 23.6 Å². The highest BCUT2D eigenvalue weighted by atomic mass is 16.5. The van der Waals surface area contributed by atoms with Gasteiger partial charge >= 0.3 is 5.97 Å². The fourth-order valence-corrected chi connectivity index (χ4v) is 2.01. The average Bonchev–Trinajstić information content (AvgIpc) is 2.45. The zero-order valence-electron chi connectivity index (χ0n) is 11.2. The van der Waals surface area contributed by atoms with Gasteiger partial charge in [0.25, 0.3) is 0 Å². The van der Waals surface area contributed by atoms with Crippen molar-refractivity contribution >= 4 is 5.97 Å². The summed E-state index contributed by atoms with van der Waals surface area (Å²) in [6.07, 6.45) is 0.512. The third kappa shape index (κ3) is 3.09. The number of ether oxygens (including phenoxy) is 1. The normalized spacial score (nSPS) is 10.2. The van der Waals surface area contributed by atoms with Crippen LogP contribution in [0.2, 0.25) is 0 Å². The third-order valence-corrected chi connectivity index (χ3v) is 3.02. The fourth-order valence-electron chi connectivity index (χ4n) is 2.01. The molecule has 2 N–H and O–H groups in total. The molecule has 0 heterocycles. The molecular weight excluding hydrogens is 256 g/mol. The van der Waals surface area contributed by atoms with Crippen molar-refractivity contribution in [3.8, 4) is 11.5 Å². The molecule has 104 valence electrons. The number of carboxylic acid groups (broad SMARTS) is 1. The Balaban J connectivity index is 2.21. The highest BCUT2D eigenvalue weighted by molar-refractivity contribution is 5.92. The molecule has 0 aliphatic rings. The molecule has 0 saturated heterocycles. The monoisotopic (exact) mass is 272 g/mol. The molecule has 0 spiro atoms. The second-order valence-electron chi connectivity index (χ2n) is 4.41. The van der Waals surface area contributed by atoms with Crippen LogP contribution in [0.1, 0.15) is 28.4 Å². The summed E-state index contributed by atoms with van der Waals surface area (Å²) in [6, 6.07) is 12.6. The smallest absolute Gasteiger partial charge is 0.339 e. The Morgan fingerprint density at radius 1 is 1.20 bits per heavy atom. The molecule has 0 unspecified atom stereocenters.